The Bertz CT molecular complexity index is 884. The molecule has 0 spiro atoms. The van der Waals surface area contributed by atoms with Crippen LogP contribution in [0, 0.1) is 0 Å². The number of hydrogen-bond acceptors (Lipinski definition) is 5. The summed E-state index contributed by atoms with van der Waals surface area (Å²) in [6.45, 7) is 1.90. The first-order valence-corrected chi connectivity index (χ1v) is 9.33. The fourth-order valence-electron chi connectivity index (χ4n) is 2.14. The first-order valence-electron chi connectivity index (χ1n) is 7.65. The van der Waals surface area contributed by atoms with Crippen molar-refractivity contribution in [3.8, 4) is 0 Å². The maximum atomic E-state index is 10.6. The van der Waals surface area contributed by atoms with Gasteiger partial charge in [-0.25, -0.2) is 14.3 Å². The minimum Gasteiger partial charge on any atom is -0.475 e. The van der Waals surface area contributed by atoms with Gasteiger partial charge in [-0.15, -0.1) is 11.3 Å². The molecule has 27 heavy (non-hydrogen) atoms. The molecular weight excluding hydrogens is 449 g/mol. The number of rotatable bonds is 5. The first kappa shape index (κ1) is 21.3. The molecule has 0 saturated heterocycles. The average Bonchev–Trinajstić information content (AvgIpc) is 3.22. The number of aromatic nitrogens is 3. The topological polar surface area (TPSA) is 70.7 Å². The summed E-state index contributed by atoms with van der Waals surface area (Å²) in [6.07, 6.45) is 1.65. The van der Waals surface area contributed by atoms with Crippen molar-refractivity contribution in [2.24, 2.45) is 0 Å². The summed E-state index contributed by atoms with van der Waals surface area (Å²) in [6, 6.07) is 4.29. The van der Waals surface area contributed by atoms with Gasteiger partial charge in [0.2, 0.25) is 0 Å². The molecule has 3 heterocycles. The van der Waals surface area contributed by atoms with Crippen molar-refractivity contribution in [3.05, 3.63) is 51.0 Å². The molecule has 0 radical (unpaired) electrons. The Morgan fingerprint density at radius 2 is 2.11 bits per heavy atom. The number of carboxylic acid groups (broad SMARTS) is 1. The third-order valence-electron chi connectivity index (χ3n) is 3.40. The van der Waals surface area contributed by atoms with E-state index in [2.05, 4.69) is 55.5 Å². The van der Waals surface area contributed by atoms with Crippen molar-refractivity contribution in [1.29, 1.82) is 0 Å². The van der Waals surface area contributed by atoms with Crippen LogP contribution in [0.3, 0.4) is 0 Å². The number of alkyl halides is 3. The molecule has 3 rings (SSSR count). The van der Waals surface area contributed by atoms with Gasteiger partial charge in [-0.3, -0.25) is 0 Å². The molecule has 0 aromatic carbocycles. The van der Waals surface area contributed by atoms with Gasteiger partial charge in [0, 0.05) is 35.9 Å². The molecule has 0 bridgehead atoms. The van der Waals surface area contributed by atoms with E-state index in [1.54, 1.807) is 0 Å². The Hall–Kier alpha value is -1.98. The van der Waals surface area contributed by atoms with E-state index in [0.29, 0.717) is 0 Å². The lowest BCUT2D eigenvalue weighted by molar-refractivity contribution is -0.192. The fourth-order valence-corrected chi connectivity index (χ4v) is 3.13. The van der Waals surface area contributed by atoms with E-state index in [-0.39, 0.29) is 0 Å². The minimum atomic E-state index is -5.08. The van der Waals surface area contributed by atoms with Crippen molar-refractivity contribution in [2.75, 3.05) is 13.6 Å². The minimum absolute atomic E-state index is 0.865. The summed E-state index contributed by atoms with van der Waals surface area (Å²) in [4.78, 5) is 17.1. The van der Waals surface area contributed by atoms with E-state index < -0.39 is 12.1 Å². The number of nitrogens with zero attached hydrogens (tertiary/aromatic N) is 4. The number of thiophene rings is 1. The molecule has 0 aliphatic heterocycles. The fraction of sp³-hybridized carbons (Fsp3) is 0.312. The van der Waals surface area contributed by atoms with Gasteiger partial charge in [0.05, 0.1) is 10.7 Å². The summed E-state index contributed by atoms with van der Waals surface area (Å²) in [5.41, 5.74) is 2.09. The molecule has 3 aromatic heterocycles. The number of likely N-dealkylation sites (N-methyl/N-ethyl adjacent to an activating group) is 1. The van der Waals surface area contributed by atoms with Gasteiger partial charge in [-0.1, -0.05) is 6.07 Å². The third-order valence-corrected chi connectivity index (χ3v) is 4.75. The lowest BCUT2D eigenvalue weighted by atomic mass is 10.3. The van der Waals surface area contributed by atoms with Crippen LogP contribution >= 0.6 is 27.3 Å². The molecule has 0 unspecified atom stereocenters. The molecule has 1 N–H and O–H groups in total. The summed E-state index contributed by atoms with van der Waals surface area (Å²) in [5.74, 6) is -2.76. The Labute approximate surface area is 165 Å². The third kappa shape index (κ3) is 6.60. The van der Waals surface area contributed by atoms with Crippen molar-refractivity contribution in [2.45, 2.75) is 19.1 Å². The monoisotopic (exact) mass is 464 g/mol. The lowest BCUT2D eigenvalue weighted by Crippen LogP contribution is -2.21. The number of carbonyl (C=O) groups is 1. The van der Waals surface area contributed by atoms with E-state index in [0.717, 1.165) is 35.2 Å². The van der Waals surface area contributed by atoms with Gasteiger partial charge in [0.1, 0.15) is 0 Å². The van der Waals surface area contributed by atoms with Crippen LogP contribution in [0.25, 0.3) is 5.65 Å². The Morgan fingerprint density at radius 1 is 1.41 bits per heavy atom. The predicted molar refractivity (Wildman–Crippen MR) is 98.7 cm³/mol. The predicted octanol–water partition coefficient (Wildman–Crippen LogP) is 3.86. The smallest absolute Gasteiger partial charge is 0.475 e. The highest BCUT2D eigenvalue weighted by Crippen LogP contribution is 2.15. The summed E-state index contributed by atoms with van der Waals surface area (Å²) in [7, 11) is 2.13. The maximum absolute atomic E-state index is 10.6. The molecule has 0 aliphatic rings. The largest absolute Gasteiger partial charge is 0.490 e. The van der Waals surface area contributed by atoms with Gasteiger partial charge in [-0.2, -0.15) is 18.3 Å². The van der Waals surface area contributed by atoms with Crippen LogP contribution < -0.4 is 0 Å². The second-order valence-electron chi connectivity index (χ2n) is 5.58. The maximum Gasteiger partial charge on any atom is 0.490 e. The lowest BCUT2D eigenvalue weighted by Gasteiger charge is -2.14. The molecule has 0 amide bonds. The van der Waals surface area contributed by atoms with Gasteiger partial charge < -0.3 is 10.0 Å². The van der Waals surface area contributed by atoms with Gasteiger partial charge in [0.25, 0.3) is 0 Å². The zero-order chi connectivity index (χ0) is 20.0. The number of hydrogen-bond donors (Lipinski definition) is 1. The highest BCUT2D eigenvalue weighted by atomic mass is 79.9. The standard InChI is InChI=1S/C14H15BrN4S.C2HF3O2/c1-18(5-4-13-3-2-6-20-13)9-11-7-17-19-10-12(15)8-16-14(11)19;3-2(4,5)1(6)7/h2-3,6-8,10H,4-5,9H2,1H3;(H,6,7). The highest BCUT2D eigenvalue weighted by molar-refractivity contribution is 9.10. The van der Waals surface area contributed by atoms with Crippen molar-refractivity contribution >= 4 is 38.9 Å². The van der Waals surface area contributed by atoms with Crippen LogP contribution in [-0.2, 0) is 17.8 Å². The van der Waals surface area contributed by atoms with Gasteiger partial charge >= 0.3 is 12.1 Å². The highest BCUT2D eigenvalue weighted by Gasteiger charge is 2.38. The van der Waals surface area contributed by atoms with Gasteiger partial charge in [-0.05, 0) is 40.8 Å². The SMILES string of the molecule is CN(CCc1cccs1)Cc1cnn2cc(Br)cnc12.O=C(O)C(F)(F)F. The second-order valence-corrected chi connectivity index (χ2v) is 7.53. The van der Waals surface area contributed by atoms with E-state index in [9.17, 15) is 13.2 Å². The van der Waals surface area contributed by atoms with Crippen LogP contribution in [0.4, 0.5) is 13.2 Å². The van der Waals surface area contributed by atoms with Gasteiger partial charge in [0.15, 0.2) is 5.65 Å². The summed E-state index contributed by atoms with van der Waals surface area (Å²) >= 11 is 5.22. The zero-order valence-corrected chi connectivity index (χ0v) is 16.6. The van der Waals surface area contributed by atoms with Crippen LogP contribution in [0.2, 0.25) is 0 Å². The average molecular weight is 465 g/mol. The number of aliphatic carboxylic acids is 1. The molecule has 0 aliphatic carbocycles. The van der Waals surface area contributed by atoms with E-state index in [4.69, 9.17) is 9.90 Å². The van der Waals surface area contributed by atoms with Crippen LogP contribution in [0.5, 0.6) is 0 Å². The molecule has 146 valence electrons. The summed E-state index contributed by atoms with van der Waals surface area (Å²) in [5, 5.41) is 13.6. The number of halogens is 4. The van der Waals surface area contributed by atoms with Crippen LogP contribution in [0.1, 0.15) is 10.4 Å². The first-order chi connectivity index (χ1) is 12.7. The molecule has 0 saturated carbocycles. The van der Waals surface area contributed by atoms with Crippen molar-refractivity contribution in [3.63, 3.8) is 0 Å². The quantitative estimate of drug-likeness (QED) is 0.620. The molecule has 11 heteroatoms. The Kier molecular flexibility index (Phi) is 7.33. The molecule has 0 fully saturated rings. The second kappa shape index (κ2) is 9.29. The van der Waals surface area contributed by atoms with E-state index >= 15 is 0 Å². The van der Waals surface area contributed by atoms with E-state index in [1.165, 1.54) is 4.88 Å². The van der Waals surface area contributed by atoms with Crippen LogP contribution in [-0.4, -0.2) is 50.3 Å². The number of fused-ring (bicyclic) bond motifs is 1. The normalized spacial score (nSPS) is 11.5. The number of carboxylic acids is 1. The van der Waals surface area contributed by atoms with Crippen molar-refractivity contribution in [1.82, 2.24) is 19.5 Å². The molecular formula is C16H16BrF3N4O2S. The zero-order valence-electron chi connectivity index (χ0n) is 14.1. The molecule has 0 atom stereocenters. The van der Waals surface area contributed by atoms with Crippen molar-refractivity contribution < 1.29 is 23.1 Å². The van der Waals surface area contributed by atoms with E-state index in [1.807, 2.05) is 34.4 Å². The summed E-state index contributed by atoms with van der Waals surface area (Å²) < 4.78 is 34.5. The molecule has 3 aromatic rings. The Balaban J connectivity index is 0.000000321. The molecule has 6 nitrogen and oxygen atoms in total. The van der Waals surface area contributed by atoms with Crippen LogP contribution in [0.15, 0.2) is 40.6 Å². The Morgan fingerprint density at radius 3 is 2.70 bits per heavy atom.